The summed E-state index contributed by atoms with van der Waals surface area (Å²) in [7, 11) is 3.87. The van der Waals surface area contributed by atoms with Gasteiger partial charge in [0.25, 0.3) is 5.91 Å². The summed E-state index contributed by atoms with van der Waals surface area (Å²) in [6.07, 6.45) is 3.68. The minimum atomic E-state index is -0.852. The van der Waals surface area contributed by atoms with Crippen molar-refractivity contribution in [1.29, 1.82) is 0 Å². The van der Waals surface area contributed by atoms with E-state index in [-0.39, 0.29) is 17.8 Å². The summed E-state index contributed by atoms with van der Waals surface area (Å²) in [5.74, 6) is 0.343. The van der Waals surface area contributed by atoms with Crippen molar-refractivity contribution in [3.8, 4) is 0 Å². The van der Waals surface area contributed by atoms with Crippen LogP contribution in [0.25, 0.3) is 0 Å². The Morgan fingerprint density at radius 1 is 1.15 bits per heavy atom. The van der Waals surface area contributed by atoms with Crippen LogP contribution in [-0.2, 0) is 19.1 Å². The fourth-order valence-corrected chi connectivity index (χ4v) is 5.63. The number of hydrogen-bond acceptors (Lipinski definition) is 6. The van der Waals surface area contributed by atoms with Gasteiger partial charge >= 0.3 is 5.97 Å². The van der Waals surface area contributed by atoms with Crippen LogP contribution in [0.3, 0.4) is 0 Å². The van der Waals surface area contributed by atoms with Crippen molar-refractivity contribution in [3.05, 3.63) is 24.3 Å². The van der Waals surface area contributed by atoms with Crippen LogP contribution in [0, 0.1) is 0 Å². The maximum Gasteiger partial charge on any atom is 0.306 e. The van der Waals surface area contributed by atoms with Crippen LogP contribution in [0.2, 0.25) is 0 Å². The third kappa shape index (κ3) is 8.26. The Kier molecular flexibility index (Phi) is 9.00. The van der Waals surface area contributed by atoms with Crippen LogP contribution in [0.1, 0.15) is 46.0 Å². The van der Waals surface area contributed by atoms with E-state index in [9.17, 15) is 14.4 Å². The summed E-state index contributed by atoms with van der Waals surface area (Å²) in [5.41, 5.74) is 1.22. The van der Waals surface area contributed by atoms with Crippen molar-refractivity contribution in [3.63, 3.8) is 0 Å². The van der Waals surface area contributed by atoms with Crippen molar-refractivity contribution in [2.75, 3.05) is 16.4 Å². The van der Waals surface area contributed by atoms with Gasteiger partial charge in [0.1, 0.15) is 0 Å². The minimum absolute atomic E-state index is 0.159. The summed E-state index contributed by atoms with van der Waals surface area (Å²) >= 11 is 0. The zero-order valence-corrected chi connectivity index (χ0v) is 17.3. The number of ether oxygens (including phenoxy) is 1. The molecule has 1 aliphatic heterocycles. The molecule has 1 heterocycles. The fourth-order valence-electron chi connectivity index (χ4n) is 2.60. The van der Waals surface area contributed by atoms with Crippen LogP contribution in [0.4, 0.5) is 11.4 Å². The lowest BCUT2D eigenvalue weighted by Gasteiger charge is -2.14. The molecule has 27 heavy (non-hydrogen) atoms. The summed E-state index contributed by atoms with van der Waals surface area (Å²) in [5, 5.41) is 6.07. The van der Waals surface area contributed by atoms with E-state index in [4.69, 9.17) is 4.74 Å². The van der Waals surface area contributed by atoms with Crippen molar-refractivity contribution < 1.29 is 19.1 Å². The van der Waals surface area contributed by atoms with Gasteiger partial charge < -0.3 is 15.4 Å². The number of nitrogens with one attached hydrogen (secondary N) is 2. The highest BCUT2D eigenvalue weighted by Crippen LogP contribution is 2.39. The molecule has 0 saturated carbocycles. The smallest absolute Gasteiger partial charge is 0.306 e. The van der Waals surface area contributed by atoms with Gasteiger partial charge in [0.2, 0.25) is 5.91 Å². The first-order chi connectivity index (χ1) is 12.9. The molecule has 1 saturated heterocycles. The zero-order valence-electron chi connectivity index (χ0n) is 15.7. The highest BCUT2D eigenvalue weighted by Gasteiger charge is 2.19. The first kappa shape index (κ1) is 21.6. The van der Waals surface area contributed by atoms with Crippen molar-refractivity contribution in [1.82, 2.24) is 0 Å². The molecule has 2 N–H and O–H groups in total. The number of benzene rings is 1. The zero-order chi connectivity index (χ0) is 19.6. The molecule has 2 rings (SSSR count). The van der Waals surface area contributed by atoms with Gasteiger partial charge in [0.15, 0.2) is 6.10 Å². The molecule has 0 radical (unpaired) electrons. The number of anilines is 2. The Hall–Kier alpha value is -1.67. The minimum Gasteiger partial charge on any atom is -0.453 e. The SMILES string of the molecule is CC(=O)Nc1ccc(NC(=O)[C@H](C)OC(=O)CCCC[C@@H]2CCSS2)cc1. The number of carbonyl (C=O) groups excluding carboxylic acids is 3. The van der Waals surface area contributed by atoms with Gasteiger partial charge in [0, 0.05) is 35.7 Å². The average molecular weight is 411 g/mol. The highest BCUT2D eigenvalue weighted by molar-refractivity contribution is 8.77. The van der Waals surface area contributed by atoms with E-state index in [1.807, 2.05) is 21.6 Å². The van der Waals surface area contributed by atoms with Gasteiger partial charge in [-0.15, -0.1) is 0 Å². The highest BCUT2D eigenvalue weighted by atomic mass is 33.1. The Balaban J connectivity index is 1.66. The second-order valence-corrected chi connectivity index (χ2v) is 9.24. The first-order valence-electron chi connectivity index (χ1n) is 9.10. The molecule has 2 amide bonds. The number of amides is 2. The molecule has 148 valence electrons. The molecule has 0 unspecified atom stereocenters. The number of rotatable bonds is 9. The van der Waals surface area contributed by atoms with Crippen molar-refractivity contribution >= 4 is 50.7 Å². The number of esters is 1. The lowest BCUT2D eigenvalue weighted by Crippen LogP contribution is -2.29. The predicted octanol–water partition coefficient (Wildman–Crippen LogP) is 4.23. The Bertz CT molecular complexity index is 646. The maximum absolute atomic E-state index is 12.2. The lowest BCUT2D eigenvalue weighted by atomic mass is 10.1. The molecule has 0 spiro atoms. The first-order valence-corrected chi connectivity index (χ1v) is 11.5. The Morgan fingerprint density at radius 3 is 2.41 bits per heavy atom. The van der Waals surface area contributed by atoms with E-state index < -0.39 is 6.10 Å². The van der Waals surface area contributed by atoms with E-state index >= 15 is 0 Å². The second kappa shape index (κ2) is 11.2. The quantitative estimate of drug-likeness (QED) is 0.360. The molecule has 8 heteroatoms. The monoisotopic (exact) mass is 410 g/mol. The van der Waals surface area contributed by atoms with Crippen LogP contribution >= 0.6 is 21.6 Å². The molecule has 0 aromatic heterocycles. The fraction of sp³-hybridized carbons (Fsp3) is 0.526. The standard InChI is InChI=1S/C19H26N2O4S2/c1-13(25-18(23)6-4-3-5-17-11-12-26-27-17)19(24)21-16-9-7-15(8-10-16)20-14(2)22/h7-10,13,17H,3-6,11-12H2,1-2H3,(H,20,22)(H,21,24)/t13-,17+/m0/s1. The van der Waals surface area contributed by atoms with E-state index in [1.54, 1.807) is 31.2 Å². The molecule has 1 aromatic rings. The van der Waals surface area contributed by atoms with Crippen LogP contribution in [-0.4, -0.2) is 34.9 Å². The van der Waals surface area contributed by atoms with E-state index in [0.717, 1.165) is 19.3 Å². The Labute approximate surface area is 168 Å². The maximum atomic E-state index is 12.2. The molecule has 6 nitrogen and oxygen atoms in total. The van der Waals surface area contributed by atoms with Crippen molar-refractivity contribution in [2.24, 2.45) is 0 Å². The predicted molar refractivity (Wildman–Crippen MR) is 112 cm³/mol. The normalized spacial score (nSPS) is 17.2. The van der Waals surface area contributed by atoms with Gasteiger partial charge in [-0.05, 0) is 50.5 Å². The second-order valence-electron chi connectivity index (χ2n) is 6.45. The molecule has 0 bridgehead atoms. The van der Waals surface area contributed by atoms with E-state index in [1.165, 1.54) is 19.1 Å². The van der Waals surface area contributed by atoms with Crippen LogP contribution in [0.5, 0.6) is 0 Å². The molecule has 0 aliphatic carbocycles. The number of carbonyl (C=O) groups is 3. The third-order valence-corrected chi connectivity index (χ3v) is 7.04. The molecule has 1 fully saturated rings. The van der Waals surface area contributed by atoms with Crippen molar-refractivity contribution in [2.45, 2.75) is 57.3 Å². The van der Waals surface area contributed by atoms with Gasteiger partial charge in [-0.3, -0.25) is 14.4 Å². The van der Waals surface area contributed by atoms with Gasteiger partial charge in [-0.25, -0.2) is 0 Å². The summed E-state index contributed by atoms with van der Waals surface area (Å²) in [6, 6.07) is 6.73. The van der Waals surface area contributed by atoms with Gasteiger partial charge in [-0.1, -0.05) is 28.0 Å². The number of unbranched alkanes of at least 4 members (excludes halogenated alkanes) is 1. The lowest BCUT2D eigenvalue weighted by molar-refractivity contribution is -0.153. The summed E-state index contributed by atoms with van der Waals surface area (Å²) < 4.78 is 5.22. The molecule has 1 aromatic carbocycles. The molecular formula is C19H26N2O4S2. The van der Waals surface area contributed by atoms with Crippen LogP contribution < -0.4 is 10.6 Å². The summed E-state index contributed by atoms with van der Waals surface area (Å²) in [4.78, 5) is 35.1. The Morgan fingerprint density at radius 2 is 1.81 bits per heavy atom. The topological polar surface area (TPSA) is 84.5 Å². The molecule has 2 atom stereocenters. The van der Waals surface area contributed by atoms with E-state index in [2.05, 4.69) is 10.6 Å². The van der Waals surface area contributed by atoms with Gasteiger partial charge in [-0.2, -0.15) is 0 Å². The summed E-state index contributed by atoms with van der Waals surface area (Å²) in [6.45, 7) is 2.99. The molecule has 1 aliphatic rings. The van der Waals surface area contributed by atoms with E-state index in [0.29, 0.717) is 23.0 Å². The molecular weight excluding hydrogens is 384 g/mol. The third-order valence-electron chi connectivity index (χ3n) is 4.03. The largest absolute Gasteiger partial charge is 0.453 e. The van der Waals surface area contributed by atoms with Crippen LogP contribution in [0.15, 0.2) is 24.3 Å². The van der Waals surface area contributed by atoms with Gasteiger partial charge in [0.05, 0.1) is 0 Å². The number of hydrogen-bond donors (Lipinski definition) is 2. The average Bonchev–Trinajstić information content (AvgIpc) is 3.13.